The summed E-state index contributed by atoms with van der Waals surface area (Å²) in [6.07, 6.45) is 4.85. The number of carbonyl (C=O) groups is 2. The third kappa shape index (κ3) is 3.09. The number of carbonyl (C=O) groups excluding carboxylic acids is 1. The molecule has 1 fully saturated rings. The Morgan fingerprint density at radius 2 is 2.15 bits per heavy atom. The van der Waals surface area contributed by atoms with Crippen LogP contribution >= 0.6 is 0 Å². The third-order valence-electron chi connectivity index (χ3n) is 3.55. The van der Waals surface area contributed by atoms with Gasteiger partial charge in [-0.25, -0.2) is 9.59 Å². The van der Waals surface area contributed by atoms with E-state index in [1.807, 2.05) is 0 Å². The maximum absolute atomic E-state index is 12.3. The molecule has 2 N–H and O–H groups in total. The highest BCUT2D eigenvalue weighted by Crippen LogP contribution is 2.19. The number of anilines is 1. The molecule has 2 heterocycles. The SMILES string of the molecule is Cc1nn(C)cc1NC(=O)N1CCCCCC1C(=O)O. The van der Waals surface area contributed by atoms with Crippen LogP contribution in [0.5, 0.6) is 0 Å². The Labute approximate surface area is 117 Å². The van der Waals surface area contributed by atoms with Crippen molar-refractivity contribution in [2.75, 3.05) is 11.9 Å². The number of likely N-dealkylation sites (tertiary alicyclic amines) is 1. The molecule has 2 rings (SSSR count). The molecule has 1 aliphatic heterocycles. The Kier molecular flexibility index (Phi) is 4.26. The van der Waals surface area contributed by atoms with Gasteiger partial charge in [0.15, 0.2) is 0 Å². The van der Waals surface area contributed by atoms with Crippen LogP contribution in [0.3, 0.4) is 0 Å². The van der Waals surface area contributed by atoms with Crippen LogP contribution in [0.2, 0.25) is 0 Å². The van der Waals surface area contributed by atoms with Gasteiger partial charge >= 0.3 is 12.0 Å². The van der Waals surface area contributed by atoms with Crippen LogP contribution in [0.25, 0.3) is 0 Å². The molecule has 1 aromatic rings. The summed E-state index contributed by atoms with van der Waals surface area (Å²) in [6.45, 7) is 2.27. The van der Waals surface area contributed by atoms with E-state index in [2.05, 4.69) is 10.4 Å². The quantitative estimate of drug-likeness (QED) is 0.861. The number of amides is 2. The Hall–Kier alpha value is -2.05. The molecule has 7 nitrogen and oxygen atoms in total. The molecule has 1 atom stereocenters. The minimum atomic E-state index is -0.940. The summed E-state index contributed by atoms with van der Waals surface area (Å²) in [5, 5.41) is 16.2. The maximum Gasteiger partial charge on any atom is 0.326 e. The predicted octanol–water partition coefficient (Wildman–Crippen LogP) is 1.59. The summed E-state index contributed by atoms with van der Waals surface area (Å²) in [6, 6.07) is -1.11. The lowest BCUT2D eigenvalue weighted by Gasteiger charge is -2.26. The van der Waals surface area contributed by atoms with E-state index < -0.39 is 12.0 Å². The molecule has 0 bridgehead atoms. The molecule has 1 aliphatic rings. The zero-order chi connectivity index (χ0) is 14.7. The second kappa shape index (κ2) is 5.94. The van der Waals surface area contributed by atoms with Gasteiger partial charge in [-0.1, -0.05) is 12.8 Å². The standard InChI is InChI=1S/C13H20N4O3/c1-9-10(8-16(2)15-9)14-13(20)17-7-5-3-4-6-11(17)12(18)19/h8,11H,3-7H2,1-2H3,(H,14,20)(H,18,19). The zero-order valence-corrected chi connectivity index (χ0v) is 11.8. The van der Waals surface area contributed by atoms with Crippen LogP contribution in [0.4, 0.5) is 10.5 Å². The first-order chi connectivity index (χ1) is 9.49. The van der Waals surface area contributed by atoms with Gasteiger partial charge in [-0.3, -0.25) is 4.68 Å². The number of aliphatic carboxylic acids is 1. The fraction of sp³-hybridized carbons (Fsp3) is 0.615. The van der Waals surface area contributed by atoms with Crippen molar-refractivity contribution in [2.45, 2.75) is 38.6 Å². The second-order valence-electron chi connectivity index (χ2n) is 5.13. The summed E-state index contributed by atoms with van der Waals surface area (Å²) in [4.78, 5) is 25.0. The molecule has 110 valence electrons. The lowest BCUT2D eigenvalue weighted by Crippen LogP contribution is -2.46. The highest BCUT2D eigenvalue weighted by Gasteiger charge is 2.31. The number of carboxylic acid groups (broad SMARTS) is 1. The second-order valence-corrected chi connectivity index (χ2v) is 5.13. The smallest absolute Gasteiger partial charge is 0.326 e. The van der Waals surface area contributed by atoms with Crippen molar-refractivity contribution < 1.29 is 14.7 Å². The number of carboxylic acids is 1. The van der Waals surface area contributed by atoms with Crippen molar-refractivity contribution in [2.24, 2.45) is 7.05 Å². The van der Waals surface area contributed by atoms with E-state index in [1.165, 1.54) is 4.90 Å². The number of hydrogen-bond donors (Lipinski definition) is 2. The van der Waals surface area contributed by atoms with Gasteiger partial charge in [0, 0.05) is 19.8 Å². The van der Waals surface area contributed by atoms with Crippen molar-refractivity contribution >= 4 is 17.7 Å². The van der Waals surface area contributed by atoms with Crippen LogP contribution < -0.4 is 5.32 Å². The van der Waals surface area contributed by atoms with Gasteiger partial charge in [-0.05, 0) is 19.8 Å². The summed E-state index contributed by atoms with van der Waals surface area (Å²) in [7, 11) is 1.77. The fourth-order valence-corrected chi connectivity index (χ4v) is 2.52. The van der Waals surface area contributed by atoms with E-state index in [-0.39, 0.29) is 6.03 Å². The topological polar surface area (TPSA) is 87.5 Å². The molecule has 7 heteroatoms. The van der Waals surface area contributed by atoms with Crippen molar-refractivity contribution in [3.05, 3.63) is 11.9 Å². The molecule has 1 saturated heterocycles. The highest BCUT2D eigenvalue weighted by atomic mass is 16.4. The van der Waals surface area contributed by atoms with Crippen LogP contribution in [0.15, 0.2) is 6.20 Å². The molecule has 1 unspecified atom stereocenters. The van der Waals surface area contributed by atoms with Gasteiger partial charge in [-0.2, -0.15) is 5.10 Å². The van der Waals surface area contributed by atoms with Gasteiger partial charge in [0.25, 0.3) is 0 Å². The number of urea groups is 1. The van der Waals surface area contributed by atoms with Crippen LogP contribution in [0.1, 0.15) is 31.4 Å². The summed E-state index contributed by atoms with van der Waals surface area (Å²) >= 11 is 0. The normalized spacial score (nSPS) is 19.5. The van der Waals surface area contributed by atoms with Gasteiger partial charge in [-0.15, -0.1) is 0 Å². The Balaban J connectivity index is 2.12. The van der Waals surface area contributed by atoms with E-state index in [4.69, 9.17) is 0 Å². The number of aryl methyl sites for hydroxylation is 2. The van der Waals surface area contributed by atoms with Crippen LogP contribution in [-0.2, 0) is 11.8 Å². The first-order valence-electron chi connectivity index (χ1n) is 6.79. The lowest BCUT2D eigenvalue weighted by atomic mass is 10.1. The predicted molar refractivity (Wildman–Crippen MR) is 73.6 cm³/mol. The number of hydrogen-bond acceptors (Lipinski definition) is 3. The lowest BCUT2D eigenvalue weighted by molar-refractivity contribution is -0.142. The maximum atomic E-state index is 12.3. The fourth-order valence-electron chi connectivity index (χ4n) is 2.52. The number of nitrogens with zero attached hydrogens (tertiary/aromatic N) is 3. The Bertz CT molecular complexity index is 512. The van der Waals surface area contributed by atoms with Crippen molar-refractivity contribution in [3.63, 3.8) is 0 Å². The average molecular weight is 280 g/mol. The van der Waals surface area contributed by atoms with Gasteiger partial charge < -0.3 is 15.3 Å². The molecule has 0 radical (unpaired) electrons. The minimum Gasteiger partial charge on any atom is -0.480 e. The largest absolute Gasteiger partial charge is 0.480 e. The highest BCUT2D eigenvalue weighted by molar-refractivity contribution is 5.92. The van der Waals surface area contributed by atoms with E-state index in [0.717, 1.165) is 19.3 Å². The summed E-state index contributed by atoms with van der Waals surface area (Å²) < 4.78 is 1.61. The number of rotatable bonds is 2. The molecule has 0 aromatic carbocycles. The number of nitrogens with one attached hydrogen (secondary N) is 1. The van der Waals surface area contributed by atoms with Gasteiger partial charge in [0.2, 0.25) is 0 Å². The first kappa shape index (κ1) is 14.4. The average Bonchev–Trinajstić information content (AvgIpc) is 2.60. The number of aromatic nitrogens is 2. The third-order valence-corrected chi connectivity index (χ3v) is 3.55. The van der Waals surface area contributed by atoms with Crippen LogP contribution in [-0.4, -0.2) is 44.4 Å². The molecule has 0 spiro atoms. The van der Waals surface area contributed by atoms with Crippen LogP contribution in [0, 0.1) is 6.92 Å². The zero-order valence-electron chi connectivity index (χ0n) is 11.8. The first-order valence-corrected chi connectivity index (χ1v) is 6.79. The van der Waals surface area contributed by atoms with Crippen molar-refractivity contribution in [3.8, 4) is 0 Å². The van der Waals surface area contributed by atoms with E-state index in [1.54, 1.807) is 24.9 Å². The Morgan fingerprint density at radius 1 is 1.40 bits per heavy atom. The summed E-state index contributed by atoms with van der Waals surface area (Å²) in [5.41, 5.74) is 1.33. The molecular weight excluding hydrogens is 260 g/mol. The van der Waals surface area contributed by atoms with E-state index >= 15 is 0 Å². The Morgan fingerprint density at radius 3 is 2.75 bits per heavy atom. The van der Waals surface area contributed by atoms with Crippen molar-refractivity contribution in [1.82, 2.24) is 14.7 Å². The summed E-state index contributed by atoms with van der Waals surface area (Å²) in [5.74, 6) is -0.940. The van der Waals surface area contributed by atoms with Gasteiger partial charge in [0.1, 0.15) is 6.04 Å². The van der Waals surface area contributed by atoms with E-state index in [9.17, 15) is 14.7 Å². The molecular formula is C13H20N4O3. The molecule has 2 amide bonds. The molecule has 1 aromatic heterocycles. The van der Waals surface area contributed by atoms with E-state index in [0.29, 0.717) is 24.3 Å². The molecule has 20 heavy (non-hydrogen) atoms. The minimum absolute atomic E-state index is 0.365. The van der Waals surface area contributed by atoms with Gasteiger partial charge in [0.05, 0.1) is 11.4 Å². The molecule has 0 aliphatic carbocycles. The van der Waals surface area contributed by atoms with Crippen molar-refractivity contribution in [1.29, 1.82) is 0 Å². The molecule has 0 saturated carbocycles. The monoisotopic (exact) mass is 280 g/mol.